The van der Waals surface area contributed by atoms with Gasteiger partial charge in [-0.25, -0.2) is 9.97 Å². The van der Waals surface area contributed by atoms with E-state index in [1.165, 1.54) is 87.2 Å². The van der Waals surface area contributed by atoms with Crippen molar-refractivity contribution in [2.45, 2.75) is 85.0 Å². The second kappa shape index (κ2) is 11.9. The zero-order chi connectivity index (χ0) is 23.2. The monoisotopic (exact) mass is 471 g/mol. The minimum atomic E-state index is 0.416. The first-order valence-electron chi connectivity index (χ1n) is 13.7. The van der Waals surface area contributed by atoms with Gasteiger partial charge in [0.1, 0.15) is 16.5 Å². The third kappa shape index (κ3) is 5.88. The Bertz CT molecular complexity index is 880. The number of piperazine rings is 1. The molecule has 1 atom stereocenters. The summed E-state index contributed by atoms with van der Waals surface area (Å²) in [4.78, 5) is 21.1. The summed E-state index contributed by atoms with van der Waals surface area (Å²) in [5.74, 6) is 2.71. The predicted octanol–water partition coefficient (Wildman–Crippen LogP) is 5.72. The summed E-state index contributed by atoms with van der Waals surface area (Å²) in [5.41, 5.74) is 1.58. The lowest BCUT2D eigenvalue weighted by Crippen LogP contribution is -2.49. The SMILES string of the molecule is CCCN(CCC)CCN1CCN(c2nc(C(C)CC)nc3sc4c(c23)CCCCC4)CC1. The van der Waals surface area contributed by atoms with E-state index in [1.54, 1.807) is 10.4 Å². The average Bonchev–Trinajstić information content (AvgIpc) is 3.02. The fourth-order valence-electron chi connectivity index (χ4n) is 5.40. The Labute approximate surface area is 205 Å². The van der Waals surface area contributed by atoms with Crippen LogP contribution in [0.2, 0.25) is 0 Å². The standard InChI is InChI=1S/C27H45N5S/c1-5-13-30(14-6-2)15-16-31-17-19-32(20-18-31)26-24-22-11-9-8-10-12-23(22)33-27(24)29-25(28-26)21(4)7-3/h21H,5-20H2,1-4H3. The molecule has 0 saturated carbocycles. The van der Waals surface area contributed by atoms with Crippen molar-refractivity contribution in [1.82, 2.24) is 19.8 Å². The van der Waals surface area contributed by atoms with Gasteiger partial charge in [0.05, 0.1) is 5.39 Å². The number of aromatic nitrogens is 2. The molecule has 0 amide bonds. The highest BCUT2D eigenvalue weighted by Crippen LogP contribution is 2.40. The molecule has 1 aliphatic heterocycles. The predicted molar refractivity (Wildman–Crippen MR) is 143 cm³/mol. The summed E-state index contributed by atoms with van der Waals surface area (Å²) in [6.45, 7) is 18.4. The van der Waals surface area contributed by atoms with E-state index in [2.05, 4.69) is 42.4 Å². The zero-order valence-electron chi connectivity index (χ0n) is 21.5. The Kier molecular flexibility index (Phi) is 9.00. The molecule has 2 aliphatic rings. The molecule has 2 aromatic rings. The number of nitrogens with zero attached hydrogens (tertiary/aromatic N) is 5. The molecule has 1 saturated heterocycles. The van der Waals surface area contributed by atoms with Crippen molar-refractivity contribution >= 4 is 27.4 Å². The second-order valence-corrected chi connectivity index (χ2v) is 11.2. The van der Waals surface area contributed by atoms with E-state index in [0.717, 1.165) is 38.4 Å². The fraction of sp³-hybridized carbons (Fsp3) is 0.778. The van der Waals surface area contributed by atoms with Crippen LogP contribution in [0.4, 0.5) is 5.82 Å². The summed E-state index contributed by atoms with van der Waals surface area (Å²) < 4.78 is 0. The Hall–Kier alpha value is -1.24. The third-order valence-corrected chi connectivity index (χ3v) is 8.79. The largest absolute Gasteiger partial charge is 0.353 e. The molecule has 5 nitrogen and oxygen atoms in total. The minimum absolute atomic E-state index is 0.416. The highest BCUT2D eigenvalue weighted by Gasteiger charge is 2.26. The zero-order valence-corrected chi connectivity index (χ0v) is 22.4. The molecular formula is C27H45N5S. The van der Waals surface area contributed by atoms with E-state index in [1.807, 2.05) is 11.3 Å². The van der Waals surface area contributed by atoms with Crippen LogP contribution in [-0.2, 0) is 12.8 Å². The Morgan fingerprint density at radius 2 is 1.64 bits per heavy atom. The van der Waals surface area contributed by atoms with Gasteiger partial charge in [-0.05, 0) is 63.6 Å². The molecule has 0 radical (unpaired) electrons. The highest BCUT2D eigenvalue weighted by atomic mass is 32.1. The summed E-state index contributed by atoms with van der Waals surface area (Å²) >= 11 is 1.96. The topological polar surface area (TPSA) is 35.5 Å². The molecule has 1 unspecified atom stereocenters. The van der Waals surface area contributed by atoms with Crippen LogP contribution >= 0.6 is 11.3 Å². The van der Waals surface area contributed by atoms with Crippen LogP contribution in [0.1, 0.15) is 88.4 Å². The normalized spacial score (nSPS) is 18.6. The second-order valence-electron chi connectivity index (χ2n) is 10.1. The molecule has 0 aromatic carbocycles. The van der Waals surface area contributed by atoms with Crippen LogP contribution in [0, 0.1) is 0 Å². The maximum atomic E-state index is 5.25. The molecule has 1 fully saturated rings. The first-order valence-corrected chi connectivity index (χ1v) is 14.5. The van der Waals surface area contributed by atoms with E-state index in [0.29, 0.717) is 5.92 Å². The highest BCUT2D eigenvalue weighted by molar-refractivity contribution is 7.19. The molecular weight excluding hydrogens is 426 g/mol. The first kappa shape index (κ1) is 24.9. The van der Waals surface area contributed by atoms with Crippen molar-refractivity contribution < 1.29 is 0 Å². The van der Waals surface area contributed by atoms with Gasteiger partial charge in [0.15, 0.2) is 0 Å². The van der Waals surface area contributed by atoms with Gasteiger partial charge in [0.25, 0.3) is 0 Å². The number of hydrogen-bond donors (Lipinski definition) is 0. The molecule has 0 bridgehead atoms. The van der Waals surface area contributed by atoms with Crippen molar-refractivity contribution in [1.29, 1.82) is 0 Å². The van der Waals surface area contributed by atoms with Crippen molar-refractivity contribution in [3.63, 3.8) is 0 Å². The maximum Gasteiger partial charge on any atom is 0.141 e. The number of rotatable bonds is 10. The van der Waals surface area contributed by atoms with Crippen LogP contribution in [0.5, 0.6) is 0 Å². The van der Waals surface area contributed by atoms with E-state index in [-0.39, 0.29) is 0 Å². The van der Waals surface area contributed by atoms with E-state index < -0.39 is 0 Å². The summed E-state index contributed by atoms with van der Waals surface area (Å²) in [5, 5.41) is 1.40. The molecule has 3 heterocycles. The molecule has 1 aliphatic carbocycles. The summed E-state index contributed by atoms with van der Waals surface area (Å²) in [6.07, 6.45) is 10.0. The average molecular weight is 472 g/mol. The van der Waals surface area contributed by atoms with Crippen molar-refractivity contribution in [3.05, 3.63) is 16.3 Å². The first-order chi connectivity index (χ1) is 16.1. The quantitative estimate of drug-likeness (QED) is 0.414. The van der Waals surface area contributed by atoms with Crippen LogP contribution in [-0.4, -0.2) is 72.1 Å². The molecule has 33 heavy (non-hydrogen) atoms. The number of thiophene rings is 1. The van der Waals surface area contributed by atoms with Crippen molar-refractivity contribution in [3.8, 4) is 0 Å². The van der Waals surface area contributed by atoms with Crippen molar-refractivity contribution in [2.24, 2.45) is 0 Å². The molecule has 2 aromatic heterocycles. The van der Waals surface area contributed by atoms with Crippen LogP contribution in [0.3, 0.4) is 0 Å². The van der Waals surface area contributed by atoms with Crippen LogP contribution < -0.4 is 4.90 Å². The third-order valence-electron chi connectivity index (χ3n) is 7.60. The van der Waals surface area contributed by atoms with Gasteiger partial charge in [-0.2, -0.15) is 0 Å². The van der Waals surface area contributed by atoms with Gasteiger partial charge in [0, 0.05) is 50.1 Å². The number of aryl methyl sites for hydroxylation is 2. The van der Waals surface area contributed by atoms with Gasteiger partial charge in [-0.3, -0.25) is 4.90 Å². The van der Waals surface area contributed by atoms with Crippen molar-refractivity contribution in [2.75, 3.05) is 57.3 Å². The van der Waals surface area contributed by atoms with Crippen LogP contribution in [0.25, 0.3) is 10.2 Å². The van der Waals surface area contributed by atoms with Gasteiger partial charge >= 0.3 is 0 Å². The minimum Gasteiger partial charge on any atom is -0.353 e. The van der Waals surface area contributed by atoms with Gasteiger partial charge < -0.3 is 9.80 Å². The maximum absolute atomic E-state index is 5.25. The van der Waals surface area contributed by atoms with E-state index in [9.17, 15) is 0 Å². The molecule has 0 spiro atoms. The lowest BCUT2D eigenvalue weighted by Gasteiger charge is -2.37. The number of anilines is 1. The molecule has 4 rings (SSSR count). The number of fused-ring (bicyclic) bond motifs is 3. The Morgan fingerprint density at radius 1 is 0.909 bits per heavy atom. The fourth-order valence-corrected chi connectivity index (χ4v) is 6.66. The Balaban J connectivity index is 1.52. The molecule has 0 N–H and O–H groups in total. The van der Waals surface area contributed by atoms with Crippen LogP contribution in [0.15, 0.2) is 0 Å². The van der Waals surface area contributed by atoms with Gasteiger partial charge in [0.2, 0.25) is 0 Å². The summed E-state index contributed by atoms with van der Waals surface area (Å²) in [7, 11) is 0. The van der Waals surface area contributed by atoms with Gasteiger partial charge in [-0.1, -0.05) is 34.1 Å². The van der Waals surface area contributed by atoms with E-state index >= 15 is 0 Å². The molecule has 184 valence electrons. The smallest absolute Gasteiger partial charge is 0.141 e. The lowest BCUT2D eigenvalue weighted by molar-refractivity contribution is 0.196. The van der Waals surface area contributed by atoms with E-state index in [4.69, 9.17) is 9.97 Å². The number of hydrogen-bond acceptors (Lipinski definition) is 6. The Morgan fingerprint density at radius 3 is 2.33 bits per heavy atom. The lowest BCUT2D eigenvalue weighted by atomic mass is 10.1. The molecule has 6 heteroatoms. The summed E-state index contributed by atoms with van der Waals surface area (Å²) in [6, 6.07) is 0. The van der Waals surface area contributed by atoms with Gasteiger partial charge in [-0.15, -0.1) is 11.3 Å².